The minimum absolute atomic E-state index is 0.233. The third kappa shape index (κ3) is 5.22. The van der Waals surface area contributed by atoms with Crippen LogP contribution >= 0.6 is 11.6 Å². The van der Waals surface area contributed by atoms with Crippen molar-refractivity contribution in [1.29, 1.82) is 0 Å². The van der Waals surface area contributed by atoms with Gasteiger partial charge in [0.2, 0.25) is 15.9 Å². The molecule has 0 radical (unpaired) electrons. The predicted molar refractivity (Wildman–Crippen MR) is 106 cm³/mol. The van der Waals surface area contributed by atoms with Gasteiger partial charge in [0.15, 0.2) is 0 Å². The van der Waals surface area contributed by atoms with Crippen LogP contribution in [0.5, 0.6) is 0 Å². The summed E-state index contributed by atoms with van der Waals surface area (Å²) in [7, 11) is -3.63. The number of carbonyl (C=O) groups excluding carboxylic acids is 1. The number of sulfonamides is 1. The molecule has 1 amide bonds. The van der Waals surface area contributed by atoms with Gasteiger partial charge >= 0.3 is 0 Å². The summed E-state index contributed by atoms with van der Waals surface area (Å²) in [5.74, 6) is -0.386. The maximum atomic E-state index is 12.5. The van der Waals surface area contributed by atoms with Gasteiger partial charge in [-0.2, -0.15) is 0 Å². The van der Waals surface area contributed by atoms with Gasteiger partial charge in [0.1, 0.15) is 6.54 Å². The van der Waals surface area contributed by atoms with Gasteiger partial charge in [-0.3, -0.25) is 9.10 Å². The molecule has 0 aliphatic carbocycles. The third-order valence-electron chi connectivity index (χ3n) is 4.05. The molecule has 0 aliphatic rings. The molecule has 1 atom stereocenters. The fourth-order valence-electron chi connectivity index (χ4n) is 2.84. The molecule has 0 fully saturated rings. The lowest BCUT2D eigenvalue weighted by Gasteiger charge is -2.24. The summed E-state index contributed by atoms with van der Waals surface area (Å²) < 4.78 is 25.3. The van der Waals surface area contributed by atoms with Gasteiger partial charge in [-0.1, -0.05) is 41.4 Å². The average Bonchev–Trinajstić information content (AvgIpc) is 2.51. The predicted octanol–water partition coefficient (Wildman–Crippen LogP) is 3.60. The third-order valence-corrected chi connectivity index (χ3v) is 5.43. The van der Waals surface area contributed by atoms with E-state index in [0.29, 0.717) is 10.7 Å². The number of aryl methyl sites for hydroxylation is 2. The van der Waals surface area contributed by atoms with Crippen molar-refractivity contribution in [3.8, 4) is 0 Å². The lowest BCUT2D eigenvalue weighted by atomic mass is 10.0. The summed E-state index contributed by atoms with van der Waals surface area (Å²) in [6.07, 6.45) is 1.06. The van der Waals surface area contributed by atoms with Crippen molar-refractivity contribution in [3.05, 3.63) is 64.2 Å². The zero-order chi connectivity index (χ0) is 19.5. The second-order valence-electron chi connectivity index (χ2n) is 6.40. The molecule has 0 aliphatic heterocycles. The molecule has 2 aromatic carbocycles. The van der Waals surface area contributed by atoms with Crippen molar-refractivity contribution in [2.75, 3.05) is 17.1 Å². The van der Waals surface area contributed by atoms with Crippen molar-refractivity contribution in [2.24, 2.45) is 0 Å². The van der Waals surface area contributed by atoms with Gasteiger partial charge in [-0.15, -0.1) is 0 Å². The first-order valence-electron chi connectivity index (χ1n) is 8.17. The maximum absolute atomic E-state index is 12.5. The van der Waals surface area contributed by atoms with Gasteiger partial charge in [-0.25, -0.2) is 8.42 Å². The van der Waals surface area contributed by atoms with E-state index in [9.17, 15) is 13.2 Å². The Balaban J connectivity index is 2.17. The van der Waals surface area contributed by atoms with Gasteiger partial charge in [0.05, 0.1) is 18.0 Å². The monoisotopic (exact) mass is 394 g/mol. The number of hydrogen-bond acceptors (Lipinski definition) is 3. The molecule has 0 unspecified atom stereocenters. The van der Waals surface area contributed by atoms with Crippen LogP contribution in [-0.2, 0) is 14.8 Å². The van der Waals surface area contributed by atoms with E-state index in [1.54, 1.807) is 18.2 Å². The molecule has 0 spiro atoms. The first-order valence-corrected chi connectivity index (χ1v) is 10.4. The Morgan fingerprint density at radius 2 is 1.88 bits per heavy atom. The number of nitrogens with zero attached hydrogens (tertiary/aromatic N) is 1. The highest BCUT2D eigenvalue weighted by Crippen LogP contribution is 2.22. The van der Waals surface area contributed by atoms with Crippen LogP contribution in [-0.4, -0.2) is 27.1 Å². The Bertz CT molecular complexity index is 913. The summed E-state index contributed by atoms with van der Waals surface area (Å²) in [4.78, 5) is 12.5. The number of benzene rings is 2. The van der Waals surface area contributed by atoms with Crippen LogP contribution in [0, 0.1) is 13.8 Å². The molecule has 5 nitrogen and oxygen atoms in total. The normalized spacial score (nSPS) is 12.5. The lowest BCUT2D eigenvalue weighted by Crippen LogP contribution is -2.41. The van der Waals surface area contributed by atoms with Crippen LogP contribution in [0.25, 0.3) is 0 Å². The first kappa shape index (κ1) is 20.3. The molecule has 0 aromatic heterocycles. The number of carbonyl (C=O) groups is 1. The molecule has 2 rings (SSSR count). The number of nitrogens with one attached hydrogen (secondary N) is 1. The highest BCUT2D eigenvalue weighted by molar-refractivity contribution is 7.92. The molecular formula is C19H23ClN2O3S. The summed E-state index contributed by atoms with van der Waals surface area (Å²) >= 11 is 5.95. The van der Waals surface area contributed by atoms with Crippen molar-refractivity contribution < 1.29 is 13.2 Å². The zero-order valence-electron chi connectivity index (χ0n) is 15.3. The molecule has 26 heavy (non-hydrogen) atoms. The van der Waals surface area contributed by atoms with Gasteiger partial charge < -0.3 is 5.32 Å². The van der Waals surface area contributed by atoms with Gasteiger partial charge in [-0.05, 0) is 50.1 Å². The molecule has 7 heteroatoms. The van der Waals surface area contributed by atoms with Gasteiger partial charge in [0, 0.05) is 5.02 Å². The SMILES string of the molecule is Cc1ccc([C@@H](C)NC(=O)CN(c2cccc(Cl)c2)S(C)(=O)=O)c(C)c1. The van der Waals surface area contributed by atoms with E-state index >= 15 is 0 Å². The Morgan fingerprint density at radius 1 is 1.19 bits per heavy atom. The Labute approximate surface area is 160 Å². The maximum Gasteiger partial charge on any atom is 0.241 e. The van der Waals surface area contributed by atoms with Crippen LogP contribution in [0.1, 0.15) is 29.7 Å². The molecule has 0 bridgehead atoms. The largest absolute Gasteiger partial charge is 0.348 e. The second kappa shape index (κ2) is 8.10. The van der Waals surface area contributed by atoms with Crippen LogP contribution < -0.4 is 9.62 Å². The van der Waals surface area contributed by atoms with Crippen LogP contribution in [0.3, 0.4) is 0 Å². The smallest absolute Gasteiger partial charge is 0.241 e. The zero-order valence-corrected chi connectivity index (χ0v) is 16.9. The van der Waals surface area contributed by atoms with E-state index in [4.69, 9.17) is 11.6 Å². The Morgan fingerprint density at radius 3 is 2.46 bits per heavy atom. The van der Waals surface area contributed by atoms with E-state index in [-0.39, 0.29) is 18.5 Å². The minimum Gasteiger partial charge on any atom is -0.348 e. The summed E-state index contributed by atoms with van der Waals surface area (Å²) in [5.41, 5.74) is 3.58. The molecule has 0 saturated carbocycles. The summed E-state index contributed by atoms with van der Waals surface area (Å²) in [6.45, 7) is 5.56. The average molecular weight is 395 g/mol. The van der Waals surface area contributed by atoms with Crippen LogP contribution in [0.4, 0.5) is 5.69 Å². The van der Waals surface area contributed by atoms with Crippen molar-refractivity contribution in [2.45, 2.75) is 26.8 Å². The van der Waals surface area contributed by atoms with Gasteiger partial charge in [0.25, 0.3) is 0 Å². The topological polar surface area (TPSA) is 66.5 Å². The van der Waals surface area contributed by atoms with E-state index in [1.165, 1.54) is 6.07 Å². The lowest BCUT2D eigenvalue weighted by molar-refractivity contribution is -0.120. The highest BCUT2D eigenvalue weighted by Gasteiger charge is 2.22. The number of hydrogen-bond donors (Lipinski definition) is 1. The first-order chi connectivity index (χ1) is 12.1. The van der Waals surface area contributed by atoms with E-state index in [0.717, 1.165) is 27.3 Å². The molecule has 2 aromatic rings. The summed E-state index contributed by atoms with van der Waals surface area (Å²) in [6, 6.07) is 12.2. The van der Waals surface area contributed by atoms with Crippen molar-refractivity contribution in [3.63, 3.8) is 0 Å². The van der Waals surface area contributed by atoms with Crippen molar-refractivity contribution >= 4 is 33.2 Å². The van der Waals surface area contributed by atoms with E-state index < -0.39 is 10.0 Å². The minimum atomic E-state index is -3.63. The standard InChI is InChI=1S/C19H23ClN2O3S/c1-13-8-9-18(14(2)10-13)15(3)21-19(23)12-22(26(4,24)25)17-7-5-6-16(20)11-17/h5-11,15H,12H2,1-4H3,(H,21,23)/t15-/m1/s1. The van der Waals surface area contributed by atoms with Crippen LogP contribution in [0.2, 0.25) is 5.02 Å². The molecule has 0 heterocycles. The van der Waals surface area contributed by atoms with Crippen molar-refractivity contribution in [1.82, 2.24) is 5.32 Å². The number of anilines is 1. The molecule has 1 N–H and O–H groups in total. The highest BCUT2D eigenvalue weighted by atomic mass is 35.5. The second-order valence-corrected chi connectivity index (χ2v) is 8.74. The molecule has 140 valence electrons. The number of halogens is 1. The fraction of sp³-hybridized carbons (Fsp3) is 0.316. The van der Waals surface area contributed by atoms with E-state index in [2.05, 4.69) is 5.32 Å². The number of amides is 1. The Hall–Kier alpha value is -2.05. The number of rotatable bonds is 6. The Kier molecular flexibility index (Phi) is 6.31. The van der Waals surface area contributed by atoms with E-state index in [1.807, 2.05) is 39.0 Å². The van der Waals surface area contributed by atoms with Crippen LogP contribution in [0.15, 0.2) is 42.5 Å². The summed E-state index contributed by atoms with van der Waals surface area (Å²) in [5, 5.41) is 3.27. The molecule has 0 saturated heterocycles. The fourth-order valence-corrected chi connectivity index (χ4v) is 3.87. The quantitative estimate of drug-likeness (QED) is 0.813. The molecular weight excluding hydrogens is 372 g/mol.